The fourth-order valence-electron chi connectivity index (χ4n) is 4.12. The Bertz CT molecular complexity index is 588. The van der Waals surface area contributed by atoms with E-state index < -0.39 is 0 Å². The number of likely N-dealkylation sites (tertiary alicyclic amines) is 2. The average molecular weight is 345 g/mol. The average Bonchev–Trinajstić information content (AvgIpc) is 2.59. The minimum absolute atomic E-state index is 0.261. The molecule has 0 radical (unpaired) electrons. The number of rotatable bonds is 5. The lowest BCUT2D eigenvalue weighted by Gasteiger charge is -2.48. The zero-order chi connectivity index (χ0) is 17.9. The molecular weight excluding hydrogens is 314 g/mol. The lowest BCUT2D eigenvalue weighted by molar-refractivity contribution is -0.140. The van der Waals surface area contributed by atoms with Crippen molar-refractivity contribution >= 4 is 5.91 Å². The van der Waals surface area contributed by atoms with E-state index in [0.717, 1.165) is 44.0 Å². The monoisotopic (exact) mass is 345 g/mol. The summed E-state index contributed by atoms with van der Waals surface area (Å²) in [5.41, 5.74) is 2.06. The Balaban J connectivity index is 1.64. The van der Waals surface area contributed by atoms with Crippen LogP contribution in [0.4, 0.5) is 0 Å². The molecule has 2 fully saturated rings. The quantitative estimate of drug-likeness (QED) is 0.810. The van der Waals surface area contributed by atoms with Gasteiger partial charge >= 0.3 is 0 Å². The molecule has 3 rings (SSSR count). The molecule has 0 N–H and O–H groups in total. The van der Waals surface area contributed by atoms with E-state index in [4.69, 9.17) is 0 Å². The first-order chi connectivity index (χ1) is 12.0. The first kappa shape index (κ1) is 18.3. The Kier molecular flexibility index (Phi) is 5.69. The topological polar surface area (TPSA) is 52.6 Å². The number of carbonyl (C=O) groups excluding carboxylic acids is 1. The summed E-state index contributed by atoms with van der Waals surface area (Å²) < 4.78 is 0. The van der Waals surface area contributed by atoms with E-state index >= 15 is 0 Å². The highest BCUT2D eigenvalue weighted by Gasteiger charge is 2.41. The highest BCUT2D eigenvalue weighted by molar-refractivity contribution is 5.77. The van der Waals surface area contributed by atoms with Gasteiger partial charge in [-0.15, -0.1) is 0 Å². The summed E-state index contributed by atoms with van der Waals surface area (Å²) in [7, 11) is 4.26. The third-order valence-electron chi connectivity index (χ3n) is 5.54. The van der Waals surface area contributed by atoms with Gasteiger partial charge < -0.3 is 14.7 Å². The van der Waals surface area contributed by atoms with Crippen LogP contribution in [0.5, 0.6) is 0 Å². The Morgan fingerprint density at radius 2 is 2.04 bits per heavy atom. The van der Waals surface area contributed by atoms with Crippen molar-refractivity contribution in [2.75, 3.05) is 46.8 Å². The van der Waals surface area contributed by atoms with E-state index in [1.807, 2.05) is 11.8 Å². The summed E-state index contributed by atoms with van der Waals surface area (Å²) in [6, 6.07) is 0. The maximum Gasteiger partial charge on any atom is 0.222 e. The molecule has 0 bridgehead atoms. The number of carbonyl (C=O) groups is 1. The van der Waals surface area contributed by atoms with Crippen molar-refractivity contribution < 1.29 is 4.79 Å². The fraction of sp³-hybridized carbons (Fsp3) is 0.737. The molecule has 0 aromatic carbocycles. The van der Waals surface area contributed by atoms with Crippen LogP contribution < -0.4 is 0 Å². The van der Waals surface area contributed by atoms with Crippen LogP contribution in [0.3, 0.4) is 0 Å². The fourth-order valence-corrected chi connectivity index (χ4v) is 4.12. The van der Waals surface area contributed by atoms with Crippen molar-refractivity contribution in [2.45, 2.75) is 39.2 Å². The number of nitrogens with zero attached hydrogens (tertiary/aromatic N) is 5. The summed E-state index contributed by atoms with van der Waals surface area (Å²) in [6.45, 7) is 7.90. The zero-order valence-electron chi connectivity index (χ0n) is 15.9. The SMILES string of the molecule is Cc1cnc(CN2C[C@]3(CCCN(CCN(C)C)C3)CCC2=O)cn1. The maximum atomic E-state index is 12.4. The molecule has 1 aromatic heterocycles. The first-order valence-electron chi connectivity index (χ1n) is 9.38. The second-order valence-corrected chi connectivity index (χ2v) is 8.08. The van der Waals surface area contributed by atoms with Crippen LogP contribution in [-0.2, 0) is 11.3 Å². The van der Waals surface area contributed by atoms with Gasteiger partial charge in [0.2, 0.25) is 5.91 Å². The standard InChI is InChI=1S/C19H31N5O/c1-16-11-21-17(12-20-16)13-24-15-19(7-5-18(24)25)6-4-8-23(14-19)10-9-22(2)3/h11-12H,4-10,13-15H2,1-3H3/t19-/m1/s1. The van der Waals surface area contributed by atoms with E-state index in [1.165, 1.54) is 19.4 Å². The lowest BCUT2D eigenvalue weighted by atomic mass is 9.73. The Morgan fingerprint density at radius 1 is 1.20 bits per heavy atom. The second-order valence-electron chi connectivity index (χ2n) is 8.08. The van der Waals surface area contributed by atoms with Crippen LogP contribution in [0, 0.1) is 12.3 Å². The molecular formula is C19H31N5O. The molecule has 0 saturated carbocycles. The van der Waals surface area contributed by atoms with Gasteiger partial charge in [-0.2, -0.15) is 0 Å². The number of aryl methyl sites for hydroxylation is 1. The molecule has 1 amide bonds. The Morgan fingerprint density at radius 3 is 2.76 bits per heavy atom. The molecule has 3 heterocycles. The molecule has 2 saturated heterocycles. The van der Waals surface area contributed by atoms with Gasteiger partial charge in [0.15, 0.2) is 0 Å². The van der Waals surface area contributed by atoms with Gasteiger partial charge in [-0.05, 0) is 46.8 Å². The van der Waals surface area contributed by atoms with Crippen LogP contribution in [0.2, 0.25) is 0 Å². The molecule has 25 heavy (non-hydrogen) atoms. The minimum atomic E-state index is 0.261. The number of piperidine rings is 2. The zero-order valence-corrected chi connectivity index (χ0v) is 15.9. The molecule has 0 aliphatic carbocycles. The van der Waals surface area contributed by atoms with Crippen molar-refractivity contribution in [3.05, 3.63) is 23.8 Å². The molecule has 6 nitrogen and oxygen atoms in total. The van der Waals surface area contributed by atoms with Gasteiger partial charge in [-0.3, -0.25) is 14.8 Å². The molecule has 6 heteroatoms. The van der Waals surface area contributed by atoms with E-state index in [9.17, 15) is 4.79 Å². The van der Waals surface area contributed by atoms with Crippen molar-refractivity contribution in [2.24, 2.45) is 5.41 Å². The molecule has 2 aliphatic rings. The second kappa shape index (κ2) is 7.79. The minimum Gasteiger partial charge on any atom is -0.336 e. The van der Waals surface area contributed by atoms with E-state index in [1.54, 1.807) is 12.4 Å². The predicted octanol–water partition coefficient (Wildman–Crippen LogP) is 1.55. The number of likely N-dealkylation sites (N-methyl/N-ethyl adjacent to an activating group) is 1. The van der Waals surface area contributed by atoms with Gasteiger partial charge in [0.1, 0.15) is 0 Å². The molecule has 1 atom stereocenters. The third kappa shape index (κ3) is 4.76. The van der Waals surface area contributed by atoms with Crippen LogP contribution >= 0.6 is 0 Å². The molecule has 0 unspecified atom stereocenters. The normalized spacial score (nSPS) is 25.1. The Hall–Kier alpha value is -1.53. The molecule has 2 aliphatic heterocycles. The number of hydrogen-bond acceptors (Lipinski definition) is 5. The van der Waals surface area contributed by atoms with Crippen molar-refractivity contribution in [3.8, 4) is 0 Å². The summed E-state index contributed by atoms with van der Waals surface area (Å²) in [5, 5.41) is 0. The van der Waals surface area contributed by atoms with Crippen molar-refractivity contribution in [3.63, 3.8) is 0 Å². The summed E-state index contributed by atoms with van der Waals surface area (Å²) >= 11 is 0. The molecule has 1 aromatic rings. The highest BCUT2D eigenvalue weighted by atomic mass is 16.2. The largest absolute Gasteiger partial charge is 0.336 e. The van der Waals surface area contributed by atoms with Crippen LogP contribution in [0.15, 0.2) is 12.4 Å². The molecule has 138 valence electrons. The van der Waals surface area contributed by atoms with E-state index in [-0.39, 0.29) is 11.3 Å². The van der Waals surface area contributed by atoms with Crippen LogP contribution in [0.1, 0.15) is 37.1 Å². The van der Waals surface area contributed by atoms with Gasteiger partial charge in [0, 0.05) is 44.2 Å². The summed E-state index contributed by atoms with van der Waals surface area (Å²) in [4.78, 5) is 28.0. The Labute approximate surface area is 151 Å². The smallest absolute Gasteiger partial charge is 0.222 e. The van der Waals surface area contributed by atoms with E-state index in [2.05, 4.69) is 33.9 Å². The predicted molar refractivity (Wildman–Crippen MR) is 98.1 cm³/mol. The number of aromatic nitrogens is 2. The van der Waals surface area contributed by atoms with Crippen LogP contribution in [0.25, 0.3) is 0 Å². The van der Waals surface area contributed by atoms with Gasteiger partial charge in [-0.25, -0.2) is 0 Å². The van der Waals surface area contributed by atoms with Gasteiger partial charge in [0.05, 0.1) is 24.1 Å². The van der Waals surface area contributed by atoms with Gasteiger partial charge in [-0.1, -0.05) is 0 Å². The van der Waals surface area contributed by atoms with Gasteiger partial charge in [0.25, 0.3) is 0 Å². The lowest BCUT2D eigenvalue weighted by Crippen LogP contribution is -2.54. The van der Waals surface area contributed by atoms with E-state index in [0.29, 0.717) is 13.0 Å². The maximum absolute atomic E-state index is 12.4. The summed E-state index contributed by atoms with van der Waals surface area (Å²) in [6.07, 6.45) is 7.74. The van der Waals surface area contributed by atoms with Crippen molar-refractivity contribution in [1.82, 2.24) is 24.7 Å². The first-order valence-corrected chi connectivity index (χ1v) is 9.38. The number of hydrogen-bond donors (Lipinski definition) is 0. The van der Waals surface area contributed by atoms with Crippen molar-refractivity contribution in [1.29, 1.82) is 0 Å². The number of amides is 1. The third-order valence-corrected chi connectivity index (χ3v) is 5.54. The summed E-state index contributed by atoms with van der Waals surface area (Å²) in [5.74, 6) is 0.262. The molecule has 1 spiro atoms. The highest BCUT2D eigenvalue weighted by Crippen LogP contribution is 2.39. The van der Waals surface area contributed by atoms with Crippen LogP contribution in [-0.4, -0.2) is 77.4 Å².